The van der Waals surface area contributed by atoms with Crippen LogP contribution in [0.25, 0.3) is 11.2 Å². The second-order valence-electron chi connectivity index (χ2n) is 4.11. The summed E-state index contributed by atoms with van der Waals surface area (Å²) in [4.78, 5) is 0. The molecule has 2 aromatic heterocycles. The quantitative estimate of drug-likeness (QED) is 0.436. The molecule has 0 bridgehead atoms. The van der Waals surface area contributed by atoms with E-state index in [1.54, 1.807) is 0 Å². The number of fused-ring (bicyclic) bond motifs is 1. The third-order valence-corrected chi connectivity index (χ3v) is 2.96. The van der Waals surface area contributed by atoms with Gasteiger partial charge in [0.2, 0.25) is 5.65 Å². The maximum Gasteiger partial charge on any atom is 0.209 e. The topological polar surface area (TPSA) is 165 Å². The molecule has 0 spiro atoms. The van der Waals surface area contributed by atoms with E-state index in [9.17, 15) is 10.2 Å². The molecule has 0 saturated carbocycles. The van der Waals surface area contributed by atoms with Gasteiger partial charge in [0, 0.05) is 0 Å². The first-order chi connectivity index (χ1) is 9.13. The van der Waals surface area contributed by atoms with Crippen molar-refractivity contribution in [1.29, 1.82) is 0 Å². The zero-order valence-corrected chi connectivity index (χ0v) is 9.53. The molecule has 3 rings (SSSR count). The van der Waals surface area contributed by atoms with Gasteiger partial charge in [-0.05, 0) is 5.21 Å². The minimum Gasteiger partial charge on any atom is -0.394 e. The zero-order chi connectivity index (χ0) is 13.6. The maximum absolute atomic E-state index is 9.89. The predicted molar refractivity (Wildman–Crippen MR) is 58.3 cm³/mol. The first-order valence-electron chi connectivity index (χ1n) is 5.45. The number of hydrogen-bond acceptors (Lipinski definition) is 10. The van der Waals surface area contributed by atoms with Crippen molar-refractivity contribution < 1.29 is 20.1 Å². The van der Waals surface area contributed by atoms with Crippen LogP contribution in [0.15, 0.2) is 0 Å². The smallest absolute Gasteiger partial charge is 0.209 e. The highest BCUT2D eigenvalue weighted by Gasteiger charge is 2.44. The third-order valence-electron chi connectivity index (χ3n) is 2.96. The molecule has 0 radical (unpaired) electrons. The maximum atomic E-state index is 9.89. The first kappa shape index (κ1) is 12.1. The van der Waals surface area contributed by atoms with Gasteiger partial charge in [-0.1, -0.05) is 5.21 Å². The summed E-state index contributed by atoms with van der Waals surface area (Å²) in [7, 11) is 0. The molecule has 19 heavy (non-hydrogen) atoms. The van der Waals surface area contributed by atoms with Gasteiger partial charge in [0.25, 0.3) is 0 Å². The van der Waals surface area contributed by atoms with Gasteiger partial charge in [0.15, 0.2) is 17.6 Å². The highest BCUT2D eigenvalue weighted by Crippen LogP contribution is 2.30. The molecule has 3 heterocycles. The number of aromatic nitrogens is 6. The number of aliphatic hydroxyl groups excluding tert-OH is 3. The Morgan fingerprint density at radius 1 is 1.21 bits per heavy atom. The van der Waals surface area contributed by atoms with Gasteiger partial charge < -0.3 is 25.8 Å². The van der Waals surface area contributed by atoms with Crippen LogP contribution in [0.5, 0.6) is 0 Å². The molecule has 1 aliphatic rings. The lowest BCUT2D eigenvalue weighted by atomic mass is 10.1. The van der Waals surface area contributed by atoms with E-state index >= 15 is 0 Å². The van der Waals surface area contributed by atoms with E-state index in [1.807, 2.05) is 0 Å². The molecule has 11 nitrogen and oxygen atoms in total. The molecule has 0 aromatic carbocycles. The summed E-state index contributed by atoms with van der Waals surface area (Å²) in [5.74, 6) is 0.0444. The Morgan fingerprint density at radius 3 is 2.68 bits per heavy atom. The van der Waals surface area contributed by atoms with Crippen molar-refractivity contribution in [3.8, 4) is 0 Å². The van der Waals surface area contributed by atoms with E-state index in [1.165, 1.54) is 0 Å². The fourth-order valence-electron chi connectivity index (χ4n) is 1.96. The normalized spacial score (nSPS) is 31.1. The SMILES string of the molecule is Nc1nnnc2c1nnn2[C@@H]1O[C@H](CO)[C@@H](O)[C@H]1O. The molecule has 102 valence electrons. The van der Waals surface area contributed by atoms with Crippen LogP contribution in [0.2, 0.25) is 0 Å². The lowest BCUT2D eigenvalue weighted by molar-refractivity contribution is -0.0575. The van der Waals surface area contributed by atoms with Gasteiger partial charge in [-0.2, -0.15) is 4.68 Å². The van der Waals surface area contributed by atoms with E-state index in [4.69, 9.17) is 15.6 Å². The van der Waals surface area contributed by atoms with Crippen LogP contribution >= 0.6 is 0 Å². The summed E-state index contributed by atoms with van der Waals surface area (Å²) >= 11 is 0. The first-order valence-corrected chi connectivity index (χ1v) is 5.45. The Balaban J connectivity index is 2.04. The van der Waals surface area contributed by atoms with Crippen LogP contribution in [0, 0.1) is 0 Å². The molecular formula is C8H11N7O4. The van der Waals surface area contributed by atoms with E-state index in [0.29, 0.717) is 0 Å². The third kappa shape index (κ3) is 1.71. The number of hydrogen-bond donors (Lipinski definition) is 4. The van der Waals surface area contributed by atoms with Crippen LogP contribution < -0.4 is 5.73 Å². The van der Waals surface area contributed by atoms with Crippen molar-refractivity contribution in [1.82, 2.24) is 30.4 Å². The second-order valence-corrected chi connectivity index (χ2v) is 4.11. The molecule has 0 amide bonds. The summed E-state index contributed by atoms with van der Waals surface area (Å²) in [6.45, 7) is -0.434. The van der Waals surface area contributed by atoms with E-state index in [0.717, 1.165) is 4.68 Å². The predicted octanol–water partition coefficient (Wildman–Crippen LogP) is -3.19. The summed E-state index contributed by atoms with van der Waals surface area (Å²) in [5.41, 5.74) is 5.95. The van der Waals surface area contributed by atoms with Crippen molar-refractivity contribution in [2.24, 2.45) is 0 Å². The van der Waals surface area contributed by atoms with Crippen molar-refractivity contribution in [2.45, 2.75) is 24.5 Å². The molecule has 1 aliphatic heterocycles. The molecule has 11 heteroatoms. The van der Waals surface area contributed by atoms with Gasteiger partial charge in [0.1, 0.15) is 18.3 Å². The Kier molecular flexibility index (Phi) is 2.74. The van der Waals surface area contributed by atoms with E-state index < -0.39 is 31.1 Å². The van der Waals surface area contributed by atoms with Gasteiger partial charge in [-0.3, -0.25) is 0 Å². The van der Waals surface area contributed by atoms with Gasteiger partial charge >= 0.3 is 0 Å². The van der Waals surface area contributed by atoms with Crippen molar-refractivity contribution in [3.63, 3.8) is 0 Å². The highest BCUT2D eigenvalue weighted by atomic mass is 16.6. The largest absolute Gasteiger partial charge is 0.394 e. The number of ether oxygens (including phenoxy) is 1. The average molecular weight is 269 g/mol. The molecular weight excluding hydrogens is 258 g/mol. The highest BCUT2D eigenvalue weighted by molar-refractivity contribution is 5.79. The van der Waals surface area contributed by atoms with Crippen LogP contribution in [0.1, 0.15) is 6.23 Å². The van der Waals surface area contributed by atoms with Crippen LogP contribution in [0.4, 0.5) is 5.82 Å². The number of anilines is 1. The van der Waals surface area contributed by atoms with Crippen LogP contribution in [0.3, 0.4) is 0 Å². The lowest BCUT2D eigenvalue weighted by Crippen LogP contribution is -2.33. The molecule has 5 N–H and O–H groups in total. The summed E-state index contributed by atoms with van der Waals surface area (Å²) < 4.78 is 6.45. The Labute approximate surface area is 105 Å². The van der Waals surface area contributed by atoms with Gasteiger partial charge in [-0.25, -0.2) is 0 Å². The Bertz CT molecular complexity index is 604. The summed E-state index contributed by atoms with van der Waals surface area (Å²) in [6.07, 6.45) is -4.46. The molecule has 0 unspecified atom stereocenters. The molecule has 2 aromatic rings. The van der Waals surface area contributed by atoms with Crippen molar-refractivity contribution in [2.75, 3.05) is 12.3 Å². The second kappa shape index (κ2) is 4.31. The summed E-state index contributed by atoms with van der Waals surface area (Å²) in [5, 5.41) is 46.8. The molecule has 1 saturated heterocycles. The molecule has 1 fully saturated rings. The van der Waals surface area contributed by atoms with Crippen molar-refractivity contribution in [3.05, 3.63) is 0 Å². The summed E-state index contributed by atoms with van der Waals surface area (Å²) in [6, 6.07) is 0. The zero-order valence-electron chi connectivity index (χ0n) is 9.53. The number of nitrogen functional groups attached to an aromatic ring is 1. The average Bonchev–Trinajstić information content (AvgIpc) is 2.94. The monoisotopic (exact) mass is 269 g/mol. The molecule has 4 atom stereocenters. The van der Waals surface area contributed by atoms with E-state index in [-0.39, 0.29) is 17.0 Å². The Morgan fingerprint density at radius 2 is 2.00 bits per heavy atom. The van der Waals surface area contributed by atoms with E-state index in [2.05, 4.69) is 25.7 Å². The lowest BCUT2D eigenvalue weighted by Gasteiger charge is -2.14. The van der Waals surface area contributed by atoms with Gasteiger partial charge in [0.05, 0.1) is 6.61 Å². The number of nitrogens with two attached hydrogens (primary N) is 1. The van der Waals surface area contributed by atoms with Crippen molar-refractivity contribution >= 4 is 17.0 Å². The van der Waals surface area contributed by atoms with Gasteiger partial charge in [-0.15, -0.1) is 15.3 Å². The number of aliphatic hydroxyl groups is 3. The van der Waals surface area contributed by atoms with Crippen LogP contribution in [-0.2, 0) is 4.74 Å². The fraction of sp³-hybridized carbons (Fsp3) is 0.625. The minimum absolute atomic E-state index is 0.0444. The molecule has 0 aliphatic carbocycles. The number of nitrogens with zero attached hydrogens (tertiary/aromatic N) is 6. The standard InChI is InChI=1S/C8H11N7O4/c9-6-3-7(12-13-11-6)15(14-10-3)8-5(18)4(17)2(1-16)19-8/h2,4-5,8,16-18H,1H2,(H2,9,11,12)/t2-,4-,5-,8-/m1/s1. The number of rotatable bonds is 2. The minimum atomic E-state index is -1.28. The fourth-order valence-corrected chi connectivity index (χ4v) is 1.96. The van der Waals surface area contributed by atoms with Crippen LogP contribution in [-0.4, -0.2) is 70.6 Å². The Hall–Kier alpha value is -1.95.